The summed E-state index contributed by atoms with van der Waals surface area (Å²) in [6, 6.07) is 0. The minimum absolute atomic E-state index is 0.131. The lowest BCUT2D eigenvalue weighted by Crippen LogP contribution is -1.98. The normalized spacial score (nSPS) is 13.5. The second kappa shape index (κ2) is 11.7. The SMILES string of the molecule is CC(O)CCCCCCCCC=CCO. The van der Waals surface area contributed by atoms with E-state index in [-0.39, 0.29) is 12.7 Å². The van der Waals surface area contributed by atoms with Gasteiger partial charge in [-0.2, -0.15) is 0 Å². The summed E-state index contributed by atoms with van der Waals surface area (Å²) in [5, 5.41) is 17.6. The highest BCUT2D eigenvalue weighted by molar-refractivity contribution is 4.80. The Morgan fingerprint density at radius 2 is 1.53 bits per heavy atom. The lowest BCUT2D eigenvalue weighted by Gasteiger charge is -2.03. The fraction of sp³-hybridized carbons (Fsp3) is 0.846. The van der Waals surface area contributed by atoms with E-state index in [1.807, 2.05) is 19.1 Å². The predicted molar refractivity (Wildman–Crippen MR) is 64.8 cm³/mol. The van der Waals surface area contributed by atoms with Crippen molar-refractivity contribution in [3.63, 3.8) is 0 Å². The third kappa shape index (κ3) is 13.7. The number of hydrogen-bond acceptors (Lipinski definition) is 2. The van der Waals surface area contributed by atoms with Crippen molar-refractivity contribution in [3.8, 4) is 0 Å². The van der Waals surface area contributed by atoms with E-state index in [9.17, 15) is 0 Å². The molecule has 0 aliphatic carbocycles. The lowest BCUT2D eigenvalue weighted by atomic mass is 10.1. The molecule has 0 fully saturated rings. The summed E-state index contributed by atoms with van der Waals surface area (Å²) in [6.45, 7) is 2.02. The van der Waals surface area contributed by atoms with Crippen molar-refractivity contribution in [2.24, 2.45) is 0 Å². The van der Waals surface area contributed by atoms with Gasteiger partial charge in [-0.3, -0.25) is 0 Å². The molecule has 0 aliphatic heterocycles. The lowest BCUT2D eigenvalue weighted by molar-refractivity contribution is 0.180. The first-order valence-electron chi connectivity index (χ1n) is 6.21. The monoisotopic (exact) mass is 214 g/mol. The van der Waals surface area contributed by atoms with Crippen LogP contribution in [0.1, 0.15) is 58.3 Å². The van der Waals surface area contributed by atoms with Crippen LogP contribution in [0.15, 0.2) is 12.2 Å². The summed E-state index contributed by atoms with van der Waals surface area (Å²) in [7, 11) is 0. The van der Waals surface area contributed by atoms with Gasteiger partial charge in [0.15, 0.2) is 0 Å². The minimum atomic E-state index is -0.131. The van der Waals surface area contributed by atoms with Gasteiger partial charge in [0.25, 0.3) is 0 Å². The Morgan fingerprint density at radius 1 is 0.933 bits per heavy atom. The molecule has 0 aromatic heterocycles. The van der Waals surface area contributed by atoms with Crippen LogP contribution in [0.4, 0.5) is 0 Å². The summed E-state index contributed by atoms with van der Waals surface area (Å²) in [5.41, 5.74) is 0. The van der Waals surface area contributed by atoms with Gasteiger partial charge in [-0.05, 0) is 26.2 Å². The van der Waals surface area contributed by atoms with Crippen molar-refractivity contribution in [3.05, 3.63) is 12.2 Å². The van der Waals surface area contributed by atoms with Crippen LogP contribution in [-0.2, 0) is 0 Å². The molecule has 0 aromatic rings. The zero-order valence-electron chi connectivity index (χ0n) is 9.99. The molecular weight excluding hydrogens is 188 g/mol. The summed E-state index contributed by atoms with van der Waals surface area (Å²) >= 11 is 0. The van der Waals surface area contributed by atoms with Crippen molar-refractivity contribution >= 4 is 0 Å². The number of allylic oxidation sites excluding steroid dienone is 1. The van der Waals surface area contributed by atoms with Crippen molar-refractivity contribution in [1.82, 2.24) is 0 Å². The smallest absolute Gasteiger partial charge is 0.0612 e. The van der Waals surface area contributed by atoms with Gasteiger partial charge in [-0.15, -0.1) is 0 Å². The standard InChI is InChI=1S/C13H26O2/c1-13(15)11-9-7-5-3-2-4-6-8-10-12-14/h8,10,13-15H,2-7,9,11-12H2,1H3. The molecule has 2 nitrogen and oxygen atoms in total. The van der Waals surface area contributed by atoms with Crippen molar-refractivity contribution in [2.75, 3.05) is 6.61 Å². The predicted octanol–water partition coefficient (Wildman–Crippen LogP) is 3.04. The minimum Gasteiger partial charge on any atom is -0.393 e. The fourth-order valence-corrected chi connectivity index (χ4v) is 1.60. The van der Waals surface area contributed by atoms with Gasteiger partial charge in [0.1, 0.15) is 0 Å². The molecule has 0 heterocycles. The van der Waals surface area contributed by atoms with Gasteiger partial charge >= 0.3 is 0 Å². The first-order chi connectivity index (χ1) is 7.27. The van der Waals surface area contributed by atoms with E-state index in [1.165, 1.54) is 32.1 Å². The van der Waals surface area contributed by atoms with E-state index in [1.54, 1.807) is 0 Å². The van der Waals surface area contributed by atoms with Crippen LogP contribution in [0.25, 0.3) is 0 Å². The Hall–Kier alpha value is -0.340. The second-order valence-corrected chi connectivity index (χ2v) is 4.20. The third-order valence-corrected chi connectivity index (χ3v) is 2.51. The maximum atomic E-state index is 9.05. The molecule has 0 saturated carbocycles. The average Bonchev–Trinajstić information content (AvgIpc) is 2.20. The van der Waals surface area contributed by atoms with Crippen molar-refractivity contribution < 1.29 is 10.2 Å². The Labute approximate surface area is 94.0 Å². The van der Waals surface area contributed by atoms with Crippen LogP contribution in [-0.4, -0.2) is 22.9 Å². The Morgan fingerprint density at radius 3 is 2.13 bits per heavy atom. The van der Waals surface area contributed by atoms with Gasteiger partial charge in [0.05, 0.1) is 12.7 Å². The molecule has 1 atom stereocenters. The molecule has 0 bridgehead atoms. The summed E-state index contributed by atoms with van der Waals surface area (Å²) in [4.78, 5) is 0. The maximum Gasteiger partial charge on any atom is 0.0612 e. The Bertz CT molecular complexity index is 141. The highest BCUT2D eigenvalue weighted by Gasteiger charge is 1.95. The van der Waals surface area contributed by atoms with E-state index in [2.05, 4.69) is 0 Å². The Kier molecular flexibility index (Phi) is 11.5. The largest absolute Gasteiger partial charge is 0.393 e. The highest BCUT2D eigenvalue weighted by Crippen LogP contribution is 2.09. The van der Waals surface area contributed by atoms with E-state index < -0.39 is 0 Å². The van der Waals surface area contributed by atoms with Crippen molar-refractivity contribution in [1.29, 1.82) is 0 Å². The zero-order chi connectivity index (χ0) is 11.4. The summed E-state index contributed by atoms with van der Waals surface area (Å²) < 4.78 is 0. The molecule has 0 radical (unpaired) electrons. The number of rotatable bonds is 10. The molecule has 0 rings (SSSR count). The molecule has 2 heteroatoms. The van der Waals surface area contributed by atoms with E-state index in [0.717, 1.165) is 19.3 Å². The van der Waals surface area contributed by atoms with Crippen LogP contribution < -0.4 is 0 Å². The van der Waals surface area contributed by atoms with Gasteiger partial charge in [-0.25, -0.2) is 0 Å². The number of hydrogen-bond donors (Lipinski definition) is 2. The van der Waals surface area contributed by atoms with Crippen LogP contribution in [0.5, 0.6) is 0 Å². The highest BCUT2D eigenvalue weighted by atomic mass is 16.3. The van der Waals surface area contributed by atoms with Gasteiger partial charge in [0, 0.05) is 0 Å². The van der Waals surface area contributed by atoms with Gasteiger partial charge in [0.2, 0.25) is 0 Å². The first-order valence-corrected chi connectivity index (χ1v) is 6.21. The zero-order valence-corrected chi connectivity index (χ0v) is 9.99. The van der Waals surface area contributed by atoms with Crippen LogP contribution >= 0.6 is 0 Å². The number of unbranched alkanes of at least 4 members (excludes halogenated alkanes) is 6. The van der Waals surface area contributed by atoms with Gasteiger partial charge < -0.3 is 10.2 Å². The number of aliphatic hydroxyl groups is 2. The summed E-state index contributed by atoms with van der Waals surface area (Å²) in [6.07, 6.45) is 13.3. The van der Waals surface area contributed by atoms with E-state index in [4.69, 9.17) is 10.2 Å². The van der Waals surface area contributed by atoms with Crippen molar-refractivity contribution in [2.45, 2.75) is 64.4 Å². The quantitative estimate of drug-likeness (QED) is 0.433. The third-order valence-electron chi connectivity index (χ3n) is 2.51. The van der Waals surface area contributed by atoms with E-state index >= 15 is 0 Å². The summed E-state index contributed by atoms with van der Waals surface area (Å²) in [5.74, 6) is 0. The molecule has 0 aliphatic rings. The molecule has 2 N–H and O–H groups in total. The molecule has 0 aromatic carbocycles. The second-order valence-electron chi connectivity index (χ2n) is 4.20. The first kappa shape index (κ1) is 14.7. The molecule has 90 valence electrons. The van der Waals surface area contributed by atoms with Gasteiger partial charge in [-0.1, -0.05) is 44.3 Å². The number of aliphatic hydroxyl groups excluding tert-OH is 2. The molecule has 0 spiro atoms. The molecule has 0 saturated heterocycles. The molecule has 1 unspecified atom stereocenters. The molecular formula is C13H26O2. The Balaban J connectivity index is 2.96. The van der Waals surface area contributed by atoms with Crippen LogP contribution in [0.2, 0.25) is 0 Å². The average molecular weight is 214 g/mol. The molecule has 0 amide bonds. The molecule has 15 heavy (non-hydrogen) atoms. The topological polar surface area (TPSA) is 40.5 Å². The van der Waals surface area contributed by atoms with E-state index in [0.29, 0.717) is 0 Å². The maximum absolute atomic E-state index is 9.05. The van der Waals surface area contributed by atoms with Crippen LogP contribution in [0.3, 0.4) is 0 Å². The van der Waals surface area contributed by atoms with Crippen LogP contribution in [0, 0.1) is 0 Å². The fourth-order valence-electron chi connectivity index (χ4n) is 1.60.